The Morgan fingerprint density at radius 3 is 2.57 bits per heavy atom. The van der Waals surface area contributed by atoms with Crippen molar-refractivity contribution in [1.29, 1.82) is 0 Å². The highest BCUT2D eigenvalue weighted by Crippen LogP contribution is 2.21. The monoisotopic (exact) mass is 387 g/mol. The van der Waals surface area contributed by atoms with Crippen molar-refractivity contribution in [3.63, 3.8) is 0 Å². The summed E-state index contributed by atoms with van der Waals surface area (Å²) >= 11 is 0. The van der Waals surface area contributed by atoms with Gasteiger partial charge < -0.3 is 14.8 Å². The number of carbonyl (C=O) groups is 2. The van der Waals surface area contributed by atoms with Crippen LogP contribution in [0.3, 0.4) is 0 Å². The van der Waals surface area contributed by atoms with Gasteiger partial charge in [0.05, 0.1) is 19.9 Å². The van der Waals surface area contributed by atoms with Crippen molar-refractivity contribution >= 4 is 11.9 Å². The van der Waals surface area contributed by atoms with Gasteiger partial charge in [0.1, 0.15) is 18.3 Å². The van der Waals surface area contributed by atoms with Crippen LogP contribution in [0.5, 0.6) is 5.75 Å². The summed E-state index contributed by atoms with van der Waals surface area (Å²) in [5.41, 5.74) is 0.860. The molecule has 28 heavy (non-hydrogen) atoms. The topological polar surface area (TPSA) is 99.5 Å². The molecule has 1 N–H and O–H groups in total. The Balaban J connectivity index is 2.19. The van der Waals surface area contributed by atoms with Crippen LogP contribution in [0.4, 0.5) is 0 Å². The van der Waals surface area contributed by atoms with Crippen LogP contribution in [0.1, 0.15) is 20.3 Å². The second kappa shape index (κ2) is 9.68. The van der Waals surface area contributed by atoms with E-state index >= 15 is 0 Å². The largest absolute Gasteiger partial charge is 0.497 e. The van der Waals surface area contributed by atoms with Crippen LogP contribution in [0.2, 0.25) is 0 Å². The summed E-state index contributed by atoms with van der Waals surface area (Å²) in [5, 5.41) is 6.88. The number of methoxy groups -OCH3 is 2. The standard InChI is InChI=1S/C20H25N3O5/c1-13(2)10-17(20(26)28-4)21-18(24)12-23-19(25)9-8-16(22-23)14-6-5-7-15(11-14)27-3/h5-9,11,13,17H,10,12H2,1-4H3,(H,21,24)/t17-/m1/s1. The van der Waals surface area contributed by atoms with E-state index in [1.807, 2.05) is 26.0 Å². The highest BCUT2D eigenvalue weighted by atomic mass is 16.5. The van der Waals surface area contributed by atoms with Crippen LogP contribution in [0, 0.1) is 5.92 Å². The number of ether oxygens (including phenoxy) is 2. The van der Waals surface area contributed by atoms with Gasteiger partial charge in [-0.3, -0.25) is 9.59 Å². The molecule has 0 unspecified atom stereocenters. The first-order chi connectivity index (χ1) is 13.3. The molecule has 0 saturated heterocycles. The molecule has 0 aliphatic heterocycles. The van der Waals surface area contributed by atoms with Gasteiger partial charge in [-0.2, -0.15) is 5.10 Å². The lowest BCUT2D eigenvalue weighted by atomic mass is 10.0. The molecule has 1 atom stereocenters. The Hall–Kier alpha value is -3.16. The van der Waals surface area contributed by atoms with Crippen LogP contribution < -0.4 is 15.6 Å². The van der Waals surface area contributed by atoms with Gasteiger partial charge in [-0.1, -0.05) is 26.0 Å². The number of nitrogens with zero attached hydrogens (tertiary/aromatic N) is 2. The Kier molecular flexibility index (Phi) is 7.31. The summed E-state index contributed by atoms with van der Waals surface area (Å²) < 4.78 is 11.0. The van der Waals surface area contributed by atoms with Crippen molar-refractivity contribution in [3.8, 4) is 17.0 Å². The lowest BCUT2D eigenvalue weighted by molar-refractivity contribution is -0.145. The molecule has 0 spiro atoms. The zero-order valence-corrected chi connectivity index (χ0v) is 16.5. The summed E-state index contributed by atoms with van der Waals surface area (Å²) in [5.74, 6) is -0.174. The van der Waals surface area contributed by atoms with E-state index in [1.54, 1.807) is 25.3 Å². The van der Waals surface area contributed by atoms with E-state index in [9.17, 15) is 14.4 Å². The third-order valence-corrected chi connectivity index (χ3v) is 4.05. The molecular weight excluding hydrogens is 362 g/mol. The quantitative estimate of drug-likeness (QED) is 0.691. The minimum atomic E-state index is -0.769. The Morgan fingerprint density at radius 1 is 1.18 bits per heavy atom. The fraction of sp³-hybridized carbons (Fsp3) is 0.400. The minimum absolute atomic E-state index is 0.182. The fourth-order valence-corrected chi connectivity index (χ4v) is 2.70. The number of benzene rings is 1. The molecule has 1 aromatic carbocycles. The zero-order valence-electron chi connectivity index (χ0n) is 16.5. The number of esters is 1. The van der Waals surface area contributed by atoms with Gasteiger partial charge >= 0.3 is 5.97 Å². The summed E-state index contributed by atoms with van der Waals surface area (Å²) in [7, 11) is 2.83. The van der Waals surface area contributed by atoms with Crippen LogP contribution in [0.25, 0.3) is 11.3 Å². The summed E-state index contributed by atoms with van der Waals surface area (Å²) in [6.07, 6.45) is 0.435. The second-order valence-corrected chi connectivity index (χ2v) is 6.72. The maximum Gasteiger partial charge on any atom is 0.328 e. The van der Waals surface area contributed by atoms with E-state index in [4.69, 9.17) is 9.47 Å². The first-order valence-corrected chi connectivity index (χ1v) is 8.93. The third-order valence-electron chi connectivity index (χ3n) is 4.05. The zero-order chi connectivity index (χ0) is 20.7. The lowest BCUT2D eigenvalue weighted by Crippen LogP contribution is -2.44. The van der Waals surface area contributed by atoms with Crippen molar-refractivity contribution in [2.24, 2.45) is 5.92 Å². The average Bonchev–Trinajstić information content (AvgIpc) is 2.68. The summed E-state index contributed by atoms with van der Waals surface area (Å²) in [6, 6.07) is 9.39. The number of nitrogens with one attached hydrogen (secondary N) is 1. The third kappa shape index (κ3) is 5.67. The lowest BCUT2D eigenvalue weighted by Gasteiger charge is -2.18. The predicted octanol–water partition coefficient (Wildman–Crippen LogP) is 1.62. The average molecular weight is 387 g/mol. The van der Waals surface area contributed by atoms with E-state index in [0.29, 0.717) is 17.9 Å². The molecule has 0 aliphatic rings. The molecule has 1 heterocycles. The molecule has 0 bridgehead atoms. The van der Waals surface area contributed by atoms with Crippen molar-refractivity contribution in [3.05, 3.63) is 46.8 Å². The number of carbonyl (C=O) groups excluding carboxylic acids is 2. The highest BCUT2D eigenvalue weighted by molar-refractivity contribution is 5.84. The molecule has 1 amide bonds. The van der Waals surface area contributed by atoms with Gasteiger partial charge in [-0.05, 0) is 30.5 Å². The molecule has 2 rings (SSSR count). The molecule has 0 aliphatic carbocycles. The maximum atomic E-state index is 12.4. The number of aromatic nitrogens is 2. The van der Waals surface area contributed by atoms with Gasteiger partial charge in [-0.15, -0.1) is 0 Å². The van der Waals surface area contributed by atoms with Crippen molar-refractivity contribution in [1.82, 2.24) is 15.1 Å². The van der Waals surface area contributed by atoms with E-state index < -0.39 is 23.5 Å². The van der Waals surface area contributed by atoms with Gasteiger partial charge in [0.2, 0.25) is 5.91 Å². The van der Waals surface area contributed by atoms with Crippen LogP contribution >= 0.6 is 0 Å². The van der Waals surface area contributed by atoms with Gasteiger partial charge in [0, 0.05) is 11.6 Å². The molecule has 1 aromatic heterocycles. The minimum Gasteiger partial charge on any atom is -0.497 e. The molecule has 0 saturated carbocycles. The summed E-state index contributed by atoms with van der Waals surface area (Å²) in [4.78, 5) is 36.4. The molecule has 0 fully saturated rings. The van der Waals surface area contributed by atoms with Gasteiger partial charge in [0.15, 0.2) is 0 Å². The number of hydrogen-bond donors (Lipinski definition) is 1. The van der Waals surface area contributed by atoms with Gasteiger partial charge in [0.25, 0.3) is 5.56 Å². The predicted molar refractivity (Wildman–Crippen MR) is 104 cm³/mol. The number of rotatable bonds is 8. The molecule has 0 radical (unpaired) electrons. The van der Waals surface area contributed by atoms with Crippen molar-refractivity contribution in [2.45, 2.75) is 32.9 Å². The molecule has 8 heteroatoms. The molecule has 8 nitrogen and oxygen atoms in total. The normalized spacial score (nSPS) is 11.8. The Labute approximate surface area is 163 Å². The Bertz CT molecular complexity index is 891. The highest BCUT2D eigenvalue weighted by Gasteiger charge is 2.23. The molecular formula is C20H25N3O5. The Morgan fingerprint density at radius 2 is 1.93 bits per heavy atom. The maximum absolute atomic E-state index is 12.4. The van der Waals surface area contributed by atoms with Crippen LogP contribution in [-0.4, -0.2) is 41.9 Å². The van der Waals surface area contributed by atoms with E-state index in [0.717, 1.165) is 10.2 Å². The van der Waals surface area contributed by atoms with Crippen molar-refractivity contribution in [2.75, 3.05) is 14.2 Å². The SMILES string of the molecule is COC(=O)[C@@H](CC(C)C)NC(=O)Cn1nc(-c2cccc(OC)c2)ccc1=O. The second-order valence-electron chi connectivity index (χ2n) is 6.72. The first kappa shape index (κ1) is 21.1. The van der Waals surface area contributed by atoms with Crippen LogP contribution in [0.15, 0.2) is 41.2 Å². The van der Waals surface area contributed by atoms with E-state index in [2.05, 4.69) is 10.4 Å². The van der Waals surface area contributed by atoms with E-state index in [-0.39, 0.29) is 12.5 Å². The van der Waals surface area contributed by atoms with Crippen LogP contribution in [-0.2, 0) is 20.9 Å². The smallest absolute Gasteiger partial charge is 0.328 e. The number of amides is 1. The molecule has 150 valence electrons. The first-order valence-electron chi connectivity index (χ1n) is 8.93. The number of hydrogen-bond acceptors (Lipinski definition) is 6. The van der Waals surface area contributed by atoms with Crippen molar-refractivity contribution < 1.29 is 19.1 Å². The summed E-state index contributed by atoms with van der Waals surface area (Å²) in [6.45, 7) is 3.57. The fourth-order valence-electron chi connectivity index (χ4n) is 2.70. The molecule has 2 aromatic rings. The van der Waals surface area contributed by atoms with Gasteiger partial charge in [-0.25, -0.2) is 9.48 Å². The van der Waals surface area contributed by atoms with E-state index in [1.165, 1.54) is 13.2 Å².